The Morgan fingerprint density at radius 2 is 2.40 bits per heavy atom. The Labute approximate surface area is 121 Å². The Balaban J connectivity index is 1.65. The molecule has 0 bridgehead atoms. The Kier molecular flexibility index (Phi) is 4.10. The van der Waals surface area contributed by atoms with Gasteiger partial charge in [0.05, 0.1) is 18.4 Å². The molecule has 0 spiro atoms. The lowest BCUT2D eigenvalue weighted by Crippen LogP contribution is -2.54. The van der Waals surface area contributed by atoms with E-state index in [9.17, 15) is 0 Å². The van der Waals surface area contributed by atoms with Gasteiger partial charge in [0.25, 0.3) is 0 Å². The van der Waals surface area contributed by atoms with Crippen LogP contribution in [0.3, 0.4) is 0 Å². The molecule has 5 nitrogen and oxygen atoms in total. The van der Waals surface area contributed by atoms with Crippen LogP contribution in [0.1, 0.15) is 24.2 Å². The Bertz CT molecular complexity index is 459. The molecule has 20 heavy (non-hydrogen) atoms. The highest BCUT2D eigenvalue weighted by atomic mass is 16.5. The van der Waals surface area contributed by atoms with Crippen molar-refractivity contribution in [1.82, 2.24) is 20.0 Å². The van der Waals surface area contributed by atoms with Crippen molar-refractivity contribution in [3.8, 4) is 0 Å². The summed E-state index contributed by atoms with van der Waals surface area (Å²) in [4.78, 5) is 2.60. The lowest BCUT2D eigenvalue weighted by molar-refractivity contribution is -0.0636. The first-order chi connectivity index (χ1) is 9.67. The van der Waals surface area contributed by atoms with Gasteiger partial charge in [0.15, 0.2) is 0 Å². The standard InChI is InChI=1S/C15H26N4O/c1-11-7-13(18(3)17-11)8-14(16-2)15-9-19-6-4-5-12(19)10-20-15/h7,12,14-16H,4-6,8-10H2,1-3H3. The van der Waals surface area contributed by atoms with Gasteiger partial charge in [-0.3, -0.25) is 9.58 Å². The molecular weight excluding hydrogens is 252 g/mol. The number of aromatic nitrogens is 2. The zero-order valence-electron chi connectivity index (χ0n) is 12.8. The summed E-state index contributed by atoms with van der Waals surface area (Å²) in [6, 6.07) is 3.19. The lowest BCUT2D eigenvalue weighted by atomic mass is 10.0. The smallest absolute Gasteiger partial charge is 0.0859 e. The van der Waals surface area contributed by atoms with Crippen LogP contribution in [-0.2, 0) is 18.2 Å². The number of morpholine rings is 1. The number of hydrogen-bond acceptors (Lipinski definition) is 4. The molecule has 0 aliphatic carbocycles. The second-order valence-corrected chi connectivity index (χ2v) is 6.16. The minimum atomic E-state index is 0.282. The maximum atomic E-state index is 6.13. The second kappa shape index (κ2) is 5.84. The highest BCUT2D eigenvalue weighted by molar-refractivity contribution is 5.11. The minimum Gasteiger partial charge on any atom is -0.374 e. The maximum Gasteiger partial charge on any atom is 0.0859 e. The Hall–Kier alpha value is -0.910. The number of fused-ring (bicyclic) bond motifs is 1. The predicted molar refractivity (Wildman–Crippen MR) is 78.8 cm³/mol. The molecule has 1 N–H and O–H groups in total. The van der Waals surface area contributed by atoms with Crippen LogP contribution in [0, 0.1) is 6.92 Å². The monoisotopic (exact) mass is 278 g/mol. The van der Waals surface area contributed by atoms with Crippen LogP contribution in [0.2, 0.25) is 0 Å². The molecule has 112 valence electrons. The van der Waals surface area contributed by atoms with Gasteiger partial charge in [-0.15, -0.1) is 0 Å². The van der Waals surface area contributed by atoms with Crippen molar-refractivity contribution in [3.05, 3.63) is 17.5 Å². The molecule has 0 radical (unpaired) electrons. The van der Waals surface area contributed by atoms with Crippen molar-refractivity contribution in [2.24, 2.45) is 7.05 Å². The van der Waals surface area contributed by atoms with E-state index in [1.807, 2.05) is 25.7 Å². The number of likely N-dealkylation sites (N-methyl/N-ethyl adjacent to an activating group) is 1. The highest BCUT2D eigenvalue weighted by Gasteiger charge is 2.35. The van der Waals surface area contributed by atoms with Crippen LogP contribution in [0.15, 0.2) is 6.07 Å². The van der Waals surface area contributed by atoms with Gasteiger partial charge in [-0.05, 0) is 39.4 Å². The molecule has 3 heterocycles. The van der Waals surface area contributed by atoms with E-state index in [1.165, 1.54) is 25.1 Å². The summed E-state index contributed by atoms with van der Waals surface area (Å²) in [6.07, 6.45) is 3.88. The molecule has 5 heteroatoms. The zero-order chi connectivity index (χ0) is 14.1. The summed E-state index contributed by atoms with van der Waals surface area (Å²) in [5.74, 6) is 0. The fraction of sp³-hybridized carbons (Fsp3) is 0.800. The van der Waals surface area contributed by atoms with Gasteiger partial charge in [-0.1, -0.05) is 0 Å². The molecule has 3 atom stereocenters. The third kappa shape index (κ3) is 2.75. The molecule has 0 amide bonds. The first-order valence-corrected chi connectivity index (χ1v) is 7.70. The van der Waals surface area contributed by atoms with Gasteiger partial charge in [0.2, 0.25) is 0 Å². The fourth-order valence-electron chi connectivity index (χ4n) is 3.59. The van der Waals surface area contributed by atoms with Crippen LogP contribution < -0.4 is 5.32 Å². The highest BCUT2D eigenvalue weighted by Crippen LogP contribution is 2.24. The summed E-state index contributed by atoms with van der Waals surface area (Å²) in [5.41, 5.74) is 2.36. The van der Waals surface area contributed by atoms with Crippen molar-refractivity contribution >= 4 is 0 Å². The van der Waals surface area contributed by atoms with Crippen molar-refractivity contribution in [1.29, 1.82) is 0 Å². The van der Waals surface area contributed by atoms with Crippen LogP contribution in [0.25, 0.3) is 0 Å². The molecule has 2 aliphatic heterocycles. The molecule has 2 fully saturated rings. The number of aryl methyl sites for hydroxylation is 2. The van der Waals surface area contributed by atoms with Crippen LogP contribution in [-0.4, -0.2) is 59.6 Å². The van der Waals surface area contributed by atoms with Gasteiger partial charge in [0.1, 0.15) is 0 Å². The molecule has 2 aliphatic rings. The molecule has 0 aromatic carbocycles. The molecule has 0 saturated carbocycles. The van der Waals surface area contributed by atoms with E-state index in [-0.39, 0.29) is 6.10 Å². The van der Waals surface area contributed by atoms with Crippen LogP contribution >= 0.6 is 0 Å². The maximum absolute atomic E-state index is 6.13. The van der Waals surface area contributed by atoms with Crippen molar-refractivity contribution < 1.29 is 4.74 Å². The normalized spacial score (nSPS) is 28.6. The van der Waals surface area contributed by atoms with E-state index in [1.54, 1.807) is 0 Å². The molecule has 1 aromatic rings. The largest absolute Gasteiger partial charge is 0.374 e. The van der Waals surface area contributed by atoms with Crippen LogP contribution in [0.4, 0.5) is 0 Å². The van der Waals surface area contributed by atoms with E-state index in [2.05, 4.69) is 21.4 Å². The molecule has 2 saturated heterocycles. The SMILES string of the molecule is CNC(Cc1cc(C)nn1C)C1CN2CCCC2CO1. The number of rotatable bonds is 4. The summed E-state index contributed by atoms with van der Waals surface area (Å²) in [5, 5.41) is 7.88. The number of ether oxygens (including phenoxy) is 1. The van der Waals surface area contributed by atoms with Gasteiger partial charge in [-0.25, -0.2) is 0 Å². The van der Waals surface area contributed by atoms with Crippen molar-refractivity contribution in [2.75, 3.05) is 26.7 Å². The van der Waals surface area contributed by atoms with E-state index in [0.29, 0.717) is 12.1 Å². The van der Waals surface area contributed by atoms with E-state index in [0.717, 1.165) is 25.3 Å². The average molecular weight is 278 g/mol. The zero-order valence-corrected chi connectivity index (χ0v) is 12.8. The average Bonchev–Trinajstić information content (AvgIpc) is 3.01. The summed E-state index contributed by atoms with van der Waals surface area (Å²) >= 11 is 0. The third-order valence-corrected chi connectivity index (χ3v) is 4.76. The van der Waals surface area contributed by atoms with E-state index < -0.39 is 0 Å². The molecule has 3 rings (SSSR count). The predicted octanol–water partition coefficient (Wildman–Crippen LogP) is 0.722. The topological polar surface area (TPSA) is 42.3 Å². The third-order valence-electron chi connectivity index (χ3n) is 4.76. The van der Waals surface area contributed by atoms with Crippen molar-refractivity contribution in [2.45, 2.75) is 44.4 Å². The Morgan fingerprint density at radius 1 is 1.55 bits per heavy atom. The van der Waals surface area contributed by atoms with Crippen LogP contribution in [0.5, 0.6) is 0 Å². The molecule has 1 aromatic heterocycles. The van der Waals surface area contributed by atoms with Crippen molar-refractivity contribution in [3.63, 3.8) is 0 Å². The van der Waals surface area contributed by atoms with E-state index in [4.69, 9.17) is 4.74 Å². The molecular formula is C15H26N4O. The number of nitrogens with one attached hydrogen (secondary N) is 1. The second-order valence-electron chi connectivity index (χ2n) is 6.16. The number of hydrogen-bond donors (Lipinski definition) is 1. The first-order valence-electron chi connectivity index (χ1n) is 7.70. The quantitative estimate of drug-likeness (QED) is 0.881. The summed E-state index contributed by atoms with van der Waals surface area (Å²) in [7, 11) is 4.06. The first kappa shape index (κ1) is 14.0. The Morgan fingerprint density at radius 3 is 3.10 bits per heavy atom. The summed E-state index contributed by atoms with van der Waals surface area (Å²) in [6.45, 7) is 5.25. The molecule has 3 unspecified atom stereocenters. The van der Waals surface area contributed by atoms with Gasteiger partial charge >= 0.3 is 0 Å². The van der Waals surface area contributed by atoms with E-state index >= 15 is 0 Å². The van der Waals surface area contributed by atoms with Gasteiger partial charge in [0, 0.05) is 37.8 Å². The minimum absolute atomic E-state index is 0.282. The fourth-order valence-corrected chi connectivity index (χ4v) is 3.59. The van der Waals surface area contributed by atoms with Gasteiger partial charge < -0.3 is 10.1 Å². The lowest BCUT2D eigenvalue weighted by Gasteiger charge is -2.38. The van der Waals surface area contributed by atoms with Gasteiger partial charge in [-0.2, -0.15) is 5.10 Å². The number of nitrogens with zero attached hydrogens (tertiary/aromatic N) is 3. The summed E-state index contributed by atoms with van der Waals surface area (Å²) < 4.78 is 8.12.